The number of hydrogen-bond acceptors (Lipinski definition) is 3. The number of nitrogens with two attached hydrogens (primary N) is 1. The lowest BCUT2D eigenvalue weighted by atomic mass is 9.97. The molecule has 0 spiro atoms. The van der Waals surface area contributed by atoms with Crippen molar-refractivity contribution >= 4 is 16.9 Å². The van der Waals surface area contributed by atoms with Gasteiger partial charge in [-0.3, -0.25) is 4.79 Å². The predicted molar refractivity (Wildman–Crippen MR) is 118 cm³/mol. The summed E-state index contributed by atoms with van der Waals surface area (Å²) in [4.78, 5) is 11.1. The van der Waals surface area contributed by atoms with Gasteiger partial charge >= 0.3 is 5.97 Å². The number of para-hydroxylation sites is 1. The molecule has 0 unspecified atom stereocenters. The van der Waals surface area contributed by atoms with Gasteiger partial charge in [0.05, 0.1) is 6.42 Å². The minimum atomic E-state index is -0.918. The first-order chi connectivity index (χ1) is 15.0. The Balaban J connectivity index is 1.74. The number of aromatic nitrogens is 1. The molecular formula is C25H23FN2O3. The van der Waals surface area contributed by atoms with Gasteiger partial charge < -0.3 is 20.1 Å². The van der Waals surface area contributed by atoms with E-state index in [2.05, 4.69) is 0 Å². The number of rotatable bonds is 7. The number of benzene rings is 3. The van der Waals surface area contributed by atoms with Crippen LogP contribution < -0.4 is 10.5 Å². The van der Waals surface area contributed by atoms with Crippen LogP contribution in [0.2, 0.25) is 0 Å². The molecule has 5 nitrogen and oxygen atoms in total. The highest BCUT2D eigenvalue weighted by atomic mass is 19.1. The Morgan fingerprint density at radius 2 is 1.84 bits per heavy atom. The number of carboxylic acids is 1. The molecule has 0 saturated heterocycles. The molecule has 0 aliphatic heterocycles. The third-order valence-electron chi connectivity index (χ3n) is 5.36. The van der Waals surface area contributed by atoms with Gasteiger partial charge in [-0.25, -0.2) is 4.39 Å². The lowest BCUT2D eigenvalue weighted by Crippen LogP contribution is -2.04. The highest BCUT2D eigenvalue weighted by molar-refractivity contribution is 5.96. The smallest absolute Gasteiger partial charge is 0.307 e. The van der Waals surface area contributed by atoms with Crippen molar-refractivity contribution in [3.8, 4) is 16.9 Å². The second-order valence-corrected chi connectivity index (χ2v) is 7.45. The maximum absolute atomic E-state index is 15.1. The van der Waals surface area contributed by atoms with E-state index in [1.807, 2.05) is 36.0 Å². The molecule has 3 aromatic carbocycles. The van der Waals surface area contributed by atoms with E-state index in [0.717, 1.165) is 22.0 Å². The monoisotopic (exact) mass is 418 g/mol. The van der Waals surface area contributed by atoms with E-state index in [9.17, 15) is 4.79 Å². The van der Waals surface area contributed by atoms with Crippen LogP contribution in [0.5, 0.6) is 5.75 Å². The SMILES string of the molecule is Cn1ccc2c(-c3cccc(CN)c3F)cc(COc3ccccc3CC(=O)O)cc21. The minimum absolute atomic E-state index is 0.116. The summed E-state index contributed by atoms with van der Waals surface area (Å²) in [6.45, 7) is 0.351. The fourth-order valence-corrected chi connectivity index (χ4v) is 3.80. The number of ether oxygens (including phenoxy) is 1. The minimum Gasteiger partial charge on any atom is -0.489 e. The third-order valence-corrected chi connectivity index (χ3v) is 5.36. The normalized spacial score (nSPS) is 11.1. The van der Waals surface area contributed by atoms with Gasteiger partial charge in [0.1, 0.15) is 18.2 Å². The second-order valence-electron chi connectivity index (χ2n) is 7.45. The zero-order chi connectivity index (χ0) is 22.0. The van der Waals surface area contributed by atoms with E-state index in [1.54, 1.807) is 42.5 Å². The molecular weight excluding hydrogens is 395 g/mol. The van der Waals surface area contributed by atoms with Crippen LogP contribution in [-0.2, 0) is 31.4 Å². The fraction of sp³-hybridized carbons (Fsp3) is 0.160. The zero-order valence-electron chi connectivity index (χ0n) is 17.1. The molecule has 4 aromatic rings. The van der Waals surface area contributed by atoms with Crippen molar-refractivity contribution in [2.24, 2.45) is 12.8 Å². The maximum atomic E-state index is 15.1. The standard InChI is InChI=1S/C25H23FN2O3/c1-28-10-9-19-21(20-7-4-6-18(14-27)25(20)26)11-16(12-22(19)28)15-31-23-8-3-2-5-17(23)13-24(29)30/h2-12H,13-15,27H2,1H3,(H,29,30). The van der Waals surface area contributed by atoms with Crippen LogP contribution in [0.1, 0.15) is 16.7 Å². The highest BCUT2D eigenvalue weighted by Crippen LogP contribution is 2.34. The average Bonchev–Trinajstić information content (AvgIpc) is 3.13. The van der Waals surface area contributed by atoms with Crippen LogP contribution in [-0.4, -0.2) is 15.6 Å². The van der Waals surface area contributed by atoms with E-state index >= 15 is 4.39 Å². The van der Waals surface area contributed by atoms with Gasteiger partial charge in [0.15, 0.2) is 0 Å². The number of carbonyl (C=O) groups is 1. The molecule has 1 aromatic heterocycles. The van der Waals surface area contributed by atoms with Crippen LogP contribution in [0.15, 0.2) is 66.9 Å². The van der Waals surface area contributed by atoms with Gasteiger partial charge in [-0.2, -0.15) is 0 Å². The third kappa shape index (κ3) is 4.15. The summed E-state index contributed by atoms with van der Waals surface area (Å²) in [7, 11) is 1.94. The van der Waals surface area contributed by atoms with Crippen LogP contribution in [0.3, 0.4) is 0 Å². The van der Waals surface area contributed by atoms with Crippen LogP contribution in [0.25, 0.3) is 22.0 Å². The Morgan fingerprint density at radius 1 is 1.06 bits per heavy atom. The molecule has 31 heavy (non-hydrogen) atoms. The molecule has 0 atom stereocenters. The first-order valence-electron chi connectivity index (χ1n) is 9.96. The average molecular weight is 418 g/mol. The molecule has 158 valence electrons. The lowest BCUT2D eigenvalue weighted by molar-refractivity contribution is -0.136. The Bertz CT molecular complexity index is 1260. The quantitative estimate of drug-likeness (QED) is 0.458. The lowest BCUT2D eigenvalue weighted by Gasteiger charge is -2.14. The molecule has 0 aliphatic rings. The number of hydrogen-bond donors (Lipinski definition) is 2. The highest BCUT2D eigenvalue weighted by Gasteiger charge is 2.15. The zero-order valence-corrected chi connectivity index (χ0v) is 17.1. The van der Waals surface area contributed by atoms with Crippen molar-refractivity contribution < 1.29 is 19.0 Å². The van der Waals surface area contributed by atoms with E-state index in [-0.39, 0.29) is 25.4 Å². The number of aliphatic carboxylic acids is 1. The number of fused-ring (bicyclic) bond motifs is 1. The summed E-state index contributed by atoms with van der Waals surface area (Å²) >= 11 is 0. The van der Waals surface area contributed by atoms with Gasteiger partial charge in [0.25, 0.3) is 0 Å². The summed E-state index contributed by atoms with van der Waals surface area (Å²) in [5.41, 5.74) is 9.84. The molecule has 0 saturated carbocycles. The van der Waals surface area contributed by atoms with Gasteiger partial charge in [0.2, 0.25) is 0 Å². The summed E-state index contributed by atoms with van der Waals surface area (Å²) in [5, 5.41) is 10.1. The molecule has 0 amide bonds. The van der Waals surface area contributed by atoms with Gasteiger partial charge in [-0.1, -0.05) is 36.4 Å². The Hall–Kier alpha value is -3.64. The van der Waals surface area contributed by atoms with Crippen molar-refractivity contribution in [1.82, 2.24) is 4.57 Å². The van der Waals surface area contributed by atoms with Crippen LogP contribution in [0, 0.1) is 5.82 Å². The van der Waals surface area contributed by atoms with Crippen molar-refractivity contribution in [3.05, 3.63) is 89.4 Å². The second kappa shape index (κ2) is 8.62. The molecule has 0 radical (unpaired) electrons. The summed E-state index contributed by atoms with van der Waals surface area (Å²) in [6, 6.07) is 18.2. The molecule has 0 fully saturated rings. The largest absolute Gasteiger partial charge is 0.489 e. The fourth-order valence-electron chi connectivity index (χ4n) is 3.80. The van der Waals surface area contributed by atoms with Crippen molar-refractivity contribution in [3.63, 3.8) is 0 Å². The maximum Gasteiger partial charge on any atom is 0.307 e. The van der Waals surface area contributed by atoms with E-state index in [4.69, 9.17) is 15.6 Å². The molecule has 0 bridgehead atoms. The first kappa shape index (κ1) is 20.6. The van der Waals surface area contributed by atoms with Crippen molar-refractivity contribution in [2.45, 2.75) is 19.6 Å². The van der Waals surface area contributed by atoms with Gasteiger partial charge in [0, 0.05) is 47.4 Å². The molecule has 1 heterocycles. The van der Waals surface area contributed by atoms with E-state index in [1.165, 1.54) is 0 Å². The summed E-state index contributed by atoms with van der Waals surface area (Å²) in [5.74, 6) is -0.714. The Morgan fingerprint density at radius 3 is 2.61 bits per heavy atom. The van der Waals surface area contributed by atoms with E-state index in [0.29, 0.717) is 22.4 Å². The van der Waals surface area contributed by atoms with Crippen LogP contribution in [0.4, 0.5) is 4.39 Å². The number of aryl methyl sites for hydroxylation is 1. The number of halogens is 1. The molecule has 3 N–H and O–H groups in total. The topological polar surface area (TPSA) is 77.5 Å². The predicted octanol–water partition coefficient (Wildman–Crippen LogP) is 4.65. The van der Waals surface area contributed by atoms with E-state index < -0.39 is 5.97 Å². The van der Waals surface area contributed by atoms with Crippen molar-refractivity contribution in [2.75, 3.05) is 0 Å². The van der Waals surface area contributed by atoms with Gasteiger partial charge in [-0.15, -0.1) is 0 Å². The van der Waals surface area contributed by atoms with Crippen LogP contribution >= 0.6 is 0 Å². The number of nitrogens with zero attached hydrogens (tertiary/aromatic N) is 1. The Kier molecular flexibility index (Phi) is 5.73. The first-order valence-corrected chi connectivity index (χ1v) is 9.96. The van der Waals surface area contributed by atoms with Crippen molar-refractivity contribution in [1.29, 1.82) is 0 Å². The summed E-state index contributed by atoms with van der Waals surface area (Å²) in [6.07, 6.45) is 1.82. The van der Waals surface area contributed by atoms with Gasteiger partial charge in [-0.05, 0) is 35.4 Å². The molecule has 4 rings (SSSR count). The molecule has 6 heteroatoms. The molecule has 0 aliphatic carbocycles. The number of carboxylic acid groups (broad SMARTS) is 1. The summed E-state index contributed by atoms with van der Waals surface area (Å²) < 4.78 is 23.0. The Labute approximate surface area is 179 Å².